The first kappa shape index (κ1) is 9.22. The molecule has 0 spiro atoms. The lowest BCUT2D eigenvalue weighted by Gasteiger charge is -2.12. The average Bonchev–Trinajstić information content (AvgIpc) is 2.47. The van der Waals surface area contributed by atoms with E-state index in [-0.39, 0.29) is 0 Å². The second kappa shape index (κ2) is 4.23. The molecule has 0 saturated heterocycles. The number of nitrogens with zero attached hydrogens (tertiary/aromatic N) is 2. The van der Waals surface area contributed by atoms with Crippen molar-refractivity contribution in [3.05, 3.63) is 18.0 Å². The van der Waals surface area contributed by atoms with Crippen molar-refractivity contribution >= 4 is 0 Å². The molecule has 0 aliphatic heterocycles. The first-order valence-electron chi connectivity index (χ1n) is 4.17. The molecule has 1 heterocycles. The first-order chi connectivity index (χ1) is 5.75. The normalized spacial score (nSPS) is 13.2. The molecule has 3 N–H and O–H groups in total. The standard InChI is InChI=1S/C8H16N4/c1-7(10-6-4-9)8-3-5-11-12(8)2/h3,5,7,10H,4,6,9H2,1-2H3. The van der Waals surface area contributed by atoms with Gasteiger partial charge in [-0.1, -0.05) is 0 Å². The number of nitrogens with two attached hydrogens (primary N) is 1. The maximum Gasteiger partial charge on any atom is 0.0547 e. The van der Waals surface area contributed by atoms with Gasteiger partial charge in [0.1, 0.15) is 0 Å². The van der Waals surface area contributed by atoms with Gasteiger partial charge in [0.2, 0.25) is 0 Å². The Morgan fingerprint density at radius 1 is 1.75 bits per heavy atom. The molecular formula is C8H16N4. The molecule has 0 amide bonds. The van der Waals surface area contributed by atoms with Crippen LogP contribution in [0, 0.1) is 0 Å². The molecule has 0 saturated carbocycles. The van der Waals surface area contributed by atoms with Gasteiger partial charge in [-0.15, -0.1) is 0 Å². The van der Waals surface area contributed by atoms with E-state index in [2.05, 4.69) is 17.3 Å². The third-order valence-electron chi connectivity index (χ3n) is 1.90. The molecule has 1 atom stereocenters. The van der Waals surface area contributed by atoms with E-state index in [1.165, 1.54) is 5.69 Å². The molecule has 0 aliphatic carbocycles. The minimum atomic E-state index is 0.320. The zero-order valence-corrected chi connectivity index (χ0v) is 7.62. The lowest BCUT2D eigenvalue weighted by Crippen LogP contribution is -2.26. The van der Waals surface area contributed by atoms with Crippen LogP contribution in [0.3, 0.4) is 0 Å². The molecule has 1 unspecified atom stereocenters. The van der Waals surface area contributed by atoms with E-state index in [0.29, 0.717) is 12.6 Å². The van der Waals surface area contributed by atoms with Crippen molar-refractivity contribution in [2.24, 2.45) is 12.8 Å². The van der Waals surface area contributed by atoms with Crippen molar-refractivity contribution in [2.75, 3.05) is 13.1 Å². The average molecular weight is 168 g/mol. The zero-order valence-electron chi connectivity index (χ0n) is 7.62. The molecule has 68 valence electrons. The van der Waals surface area contributed by atoms with Crippen LogP contribution in [0.25, 0.3) is 0 Å². The number of hydrogen-bond acceptors (Lipinski definition) is 3. The molecule has 0 bridgehead atoms. The van der Waals surface area contributed by atoms with Gasteiger partial charge in [-0.05, 0) is 13.0 Å². The summed E-state index contributed by atoms with van der Waals surface area (Å²) >= 11 is 0. The van der Waals surface area contributed by atoms with E-state index in [1.807, 2.05) is 17.8 Å². The van der Waals surface area contributed by atoms with E-state index < -0.39 is 0 Å². The molecule has 1 aromatic rings. The number of aryl methyl sites for hydroxylation is 1. The highest BCUT2D eigenvalue weighted by Gasteiger charge is 2.06. The van der Waals surface area contributed by atoms with Crippen LogP contribution in [0.2, 0.25) is 0 Å². The first-order valence-corrected chi connectivity index (χ1v) is 4.17. The van der Waals surface area contributed by atoms with Crippen LogP contribution in [0.4, 0.5) is 0 Å². The van der Waals surface area contributed by atoms with E-state index in [9.17, 15) is 0 Å². The summed E-state index contributed by atoms with van der Waals surface area (Å²) in [5.74, 6) is 0. The van der Waals surface area contributed by atoms with Gasteiger partial charge in [-0.25, -0.2) is 0 Å². The van der Waals surface area contributed by atoms with Crippen molar-refractivity contribution < 1.29 is 0 Å². The van der Waals surface area contributed by atoms with Crippen molar-refractivity contribution in [3.63, 3.8) is 0 Å². The predicted octanol–water partition coefficient (Wildman–Crippen LogP) is 0.0294. The van der Waals surface area contributed by atoms with Gasteiger partial charge < -0.3 is 11.1 Å². The Balaban J connectivity index is 2.52. The minimum Gasteiger partial charge on any atom is -0.329 e. The summed E-state index contributed by atoms with van der Waals surface area (Å²) in [4.78, 5) is 0. The molecule has 0 fully saturated rings. The molecule has 4 heteroatoms. The zero-order chi connectivity index (χ0) is 8.97. The Morgan fingerprint density at radius 2 is 2.50 bits per heavy atom. The molecule has 0 aliphatic rings. The Labute approximate surface area is 72.8 Å². The highest BCUT2D eigenvalue weighted by molar-refractivity contribution is 5.04. The third kappa shape index (κ3) is 2.06. The third-order valence-corrected chi connectivity index (χ3v) is 1.90. The van der Waals surface area contributed by atoms with Gasteiger partial charge in [-0.3, -0.25) is 4.68 Å². The van der Waals surface area contributed by atoms with E-state index in [4.69, 9.17) is 5.73 Å². The summed E-state index contributed by atoms with van der Waals surface area (Å²) in [6.45, 7) is 3.61. The fourth-order valence-corrected chi connectivity index (χ4v) is 1.21. The van der Waals surface area contributed by atoms with Crippen LogP contribution in [0.15, 0.2) is 12.3 Å². The maximum absolute atomic E-state index is 5.38. The lowest BCUT2D eigenvalue weighted by molar-refractivity contribution is 0.536. The Kier molecular flexibility index (Phi) is 3.25. The molecular weight excluding hydrogens is 152 g/mol. The lowest BCUT2D eigenvalue weighted by atomic mass is 10.2. The number of rotatable bonds is 4. The topological polar surface area (TPSA) is 55.9 Å². The maximum atomic E-state index is 5.38. The number of aromatic nitrogens is 2. The van der Waals surface area contributed by atoms with Crippen LogP contribution >= 0.6 is 0 Å². The van der Waals surface area contributed by atoms with Gasteiger partial charge in [0.25, 0.3) is 0 Å². The van der Waals surface area contributed by atoms with E-state index in [1.54, 1.807) is 6.20 Å². The van der Waals surface area contributed by atoms with Gasteiger partial charge in [-0.2, -0.15) is 5.10 Å². The predicted molar refractivity (Wildman–Crippen MR) is 48.7 cm³/mol. The Hall–Kier alpha value is -0.870. The van der Waals surface area contributed by atoms with E-state index >= 15 is 0 Å². The summed E-state index contributed by atoms with van der Waals surface area (Å²) in [5.41, 5.74) is 6.57. The SMILES string of the molecule is CC(NCCN)c1ccnn1C. The van der Waals surface area contributed by atoms with Crippen molar-refractivity contribution in [1.82, 2.24) is 15.1 Å². The molecule has 4 nitrogen and oxygen atoms in total. The van der Waals surface area contributed by atoms with Crippen molar-refractivity contribution in [1.29, 1.82) is 0 Å². The summed E-state index contributed by atoms with van der Waals surface area (Å²) < 4.78 is 1.87. The van der Waals surface area contributed by atoms with Crippen LogP contribution < -0.4 is 11.1 Å². The second-order valence-corrected chi connectivity index (χ2v) is 2.84. The highest BCUT2D eigenvalue weighted by Crippen LogP contribution is 2.08. The van der Waals surface area contributed by atoms with Crippen LogP contribution in [-0.2, 0) is 7.05 Å². The summed E-state index contributed by atoms with van der Waals surface area (Å²) in [7, 11) is 1.94. The molecule has 0 aromatic carbocycles. The van der Waals surface area contributed by atoms with Crippen molar-refractivity contribution in [3.8, 4) is 0 Å². The fraction of sp³-hybridized carbons (Fsp3) is 0.625. The highest BCUT2D eigenvalue weighted by atomic mass is 15.3. The van der Waals surface area contributed by atoms with Gasteiger partial charge >= 0.3 is 0 Å². The van der Waals surface area contributed by atoms with Crippen LogP contribution in [-0.4, -0.2) is 22.9 Å². The van der Waals surface area contributed by atoms with E-state index in [0.717, 1.165) is 6.54 Å². The quantitative estimate of drug-likeness (QED) is 0.667. The van der Waals surface area contributed by atoms with Crippen LogP contribution in [0.1, 0.15) is 18.7 Å². The number of hydrogen-bond donors (Lipinski definition) is 2. The summed E-state index contributed by atoms with van der Waals surface area (Å²) in [6.07, 6.45) is 1.80. The fourth-order valence-electron chi connectivity index (χ4n) is 1.21. The number of nitrogens with one attached hydrogen (secondary N) is 1. The Morgan fingerprint density at radius 3 is 3.00 bits per heavy atom. The van der Waals surface area contributed by atoms with Gasteiger partial charge in [0, 0.05) is 32.4 Å². The Bertz CT molecular complexity index is 231. The van der Waals surface area contributed by atoms with Crippen molar-refractivity contribution in [2.45, 2.75) is 13.0 Å². The van der Waals surface area contributed by atoms with Gasteiger partial charge in [0.15, 0.2) is 0 Å². The smallest absolute Gasteiger partial charge is 0.0547 e. The molecule has 1 aromatic heterocycles. The molecule has 0 radical (unpaired) electrons. The van der Waals surface area contributed by atoms with Crippen LogP contribution in [0.5, 0.6) is 0 Å². The minimum absolute atomic E-state index is 0.320. The second-order valence-electron chi connectivity index (χ2n) is 2.84. The monoisotopic (exact) mass is 168 g/mol. The summed E-state index contributed by atoms with van der Waals surface area (Å²) in [6, 6.07) is 2.33. The molecule has 12 heavy (non-hydrogen) atoms. The summed E-state index contributed by atoms with van der Waals surface area (Å²) in [5, 5.41) is 7.38. The molecule has 1 rings (SSSR count). The van der Waals surface area contributed by atoms with Gasteiger partial charge in [0.05, 0.1) is 5.69 Å². The largest absolute Gasteiger partial charge is 0.329 e.